The number of nitrogens with two attached hydrogens (primary N) is 1. The fourth-order valence-corrected chi connectivity index (χ4v) is 4.09. The van der Waals surface area contributed by atoms with Gasteiger partial charge in [0.25, 0.3) is 5.91 Å². The second-order valence-electron chi connectivity index (χ2n) is 7.12. The summed E-state index contributed by atoms with van der Waals surface area (Å²) in [5.74, 6) is -0.0486. The van der Waals surface area contributed by atoms with Crippen LogP contribution in [0.15, 0.2) is 23.1 Å². The second-order valence-corrected chi connectivity index (χ2v) is 8.68. The highest BCUT2D eigenvalue weighted by Gasteiger charge is 2.33. The molecule has 26 heavy (non-hydrogen) atoms. The van der Waals surface area contributed by atoms with Gasteiger partial charge in [0.05, 0.1) is 17.6 Å². The zero-order valence-electron chi connectivity index (χ0n) is 15.7. The van der Waals surface area contributed by atoms with E-state index in [0.29, 0.717) is 12.3 Å². The number of methoxy groups -OCH3 is 1. The number of likely N-dealkylation sites (N-methyl/N-ethyl adjacent to an activating group) is 1. The Morgan fingerprint density at radius 1 is 1.23 bits per heavy atom. The van der Waals surface area contributed by atoms with E-state index in [0.717, 1.165) is 25.7 Å². The lowest BCUT2D eigenvalue weighted by atomic mass is 9.88. The highest BCUT2D eigenvalue weighted by atomic mass is 32.2. The monoisotopic (exact) mass is 383 g/mol. The molecule has 8 heteroatoms. The van der Waals surface area contributed by atoms with Gasteiger partial charge in [-0.05, 0) is 45.1 Å². The van der Waals surface area contributed by atoms with Crippen molar-refractivity contribution >= 4 is 15.9 Å². The number of amides is 1. The normalized spacial score (nSPS) is 17.6. The molecule has 2 rings (SSSR count). The molecule has 1 aromatic rings. The number of sulfonamides is 1. The van der Waals surface area contributed by atoms with Gasteiger partial charge in [-0.25, -0.2) is 13.6 Å². The van der Waals surface area contributed by atoms with Gasteiger partial charge in [-0.1, -0.05) is 25.7 Å². The molecule has 1 saturated carbocycles. The van der Waals surface area contributed by atoms with Crippen LogP contribution < -0.4 is 15.2 Å². The summed E-state index contributed by atoms with van der Waals surface area (Å²) in [5, 5.41) is 8.16. The molecule has 1 aromatic carbocycles. The summed E-state index contributed by atoms with van der Waals surface area (Å²) in [5.41, 5.74) is 0.0817. The van der Waals surface area contributed by atoms with Crippen molar-refractivity contribution in [3.05, 3.63) is 23.8 Å². The first-order valence-corrected chi connectivity index (χ1v) is 10.4. The number of carbonyl (C=O) groups is 1. The fraction of sp³-hybridized carbons (Fsp3) is 0.611. The van der Waals surface area contributed by atoms with Crippen LogP contribution >= 0.6 is 0 Å². The Hall–Kier alpha value is -1.64. The summed E-state index contributed by atoms with van der Waals surface area (Å²) in [6.07, 6.45) is 6.75. The largest absolute Gasteiger partial charge is 0.496 e. The molecule has 0 aliphatic heterocycles. The summed E-state index contributed by atoms with van der Waals surface area (Å²) in [7, 11) is 1.63. The van der Waals surface area contributed by atoms with Crippen LogP contribution in [-0.4, -0.2) is 52.5 Å². The van der Waals surface area contributed by atoms with Crippen LogP contribution in [0.2, 0.25) is 0 Å². The number of primary sulfonamides is 1. The Morgan fingerprint density at radius 3 is 2.35 bits per heavy atom. The lowest BCUT2D eigenvalue weighted by Crippen LogP contribution is -2.52. The van der Waals surface area contributed by atoms with Crippen molar-refractivity contribution in [2.45, 2.75) is 49.0 Å². The van der Waals surface area contributed by atoms with Crippen molar-refractivity contribution in [2.75, 3.05) is 27.7 Å². The van der Waals surface area contributed by atoms with Crippen molar-refractivity contribution < 1.29 is 17.9 Å². The average Bonchev–Trinajstić information content (AvgIpc) is 2.85. The molecule has 3 N–H and O–H groups in total. The smallest absolute Gasteiger partial charge is 0.255 e. The third-order valence-electron chi connectivity index (χ3n) is 5.31. The van der Waals surface area contributed by atoms with E-state index in [1.807, 2.05) is 14.1 Å². The molecule has 1 fully saturated rings. The molecule has 0 unspecified atom stereocenters. The van der Waals surface area contributed by atoms with E-state index in [2.05, 4.69) is 10.2 Å². The van der Waals surface area contributed by atoms with Gasteiger partial charge in [0.15, 0.2) is 0 Å². The quantitative estimate of drug-likeness (QED) is 0.729. The molecule has 0 spiro atoms. The third-order valence-corrected chi connectivity index (χ3v) is 6.22. The van der Waals surface area contributed by atoms with Crippen LogP contribution in [0.3, 0.4) is 0 Å². The standard InChI is InChI=1S/C18H29N3O4S/c1-21(2)18(10-6-4-5-7-11-18)13-20-17(22)15-12-14(26(19,23)24)8-9-16(15)25-3/h8-9,12H,4-7,10-11,13H2,1-3H3,(H,20,22)(H2,19,23,24). The fourth-order valence-electron chi connectivity index (χ4n) is 3.55. The van der Waals surface area contributed by atoms with Crippen LogP contribution in [0, 0.1) is 0 Å². The number of benzene rings is 1. The third kappa shape index (κ3) is 4.75. The first kappa shape index (κ1) is 20.7. The Labute approximate surface area is 155 Å². The van der Waals surface area contributed by atoms with Crippen LogP contribution in [0.1, 0.15) is 48.9 Å². The molecule has 0 saturated heterocycles. The molecule has 1 aliphatic carbocycles. The predicted molar refractivity (Wildman–Crippen MR) is 101 cm³/mol. The maximum absolute atomic E-state index is 12.8. The molecule has 0 bridgehead atoms. The van der Waals surface area contributed by atoms with Gasteiger partial charge in [0.1, 0.15) is 5.75 Å². The minimum Gasteiger partial charge on any atom is -0.496 e. The number of carbonyl (C=O) groups excluding carboxylic acids is 1. The van der Waals surface area contributed by atoms with Crippen LogP contribution in [0.25, 0.3) is 0 Å². The molecule has 0 aromatic heterocycles. The number of hydrogen-bond donors (Lipinski definition) is 2. The summed E-state index contributed by atoms with van der Waals surface area (Å²) in [6, 6.07) is 4.04. The number of hydrogen-bond acceptors (Lipinski definition) is 5. The van der Waals surface area contributed by atoms with Gasteiger partial charge in [-0.2, -0.15) is 0 Å². The predicted octanol–water partition coefficient (Wildman–Crippen LogP) is 1.73. The van der Waals surface area contributed by atoms with Gasteiger partial charge in [-0.3, -0.25) is 4.79 Å². The lowest BCUT2D eigenvalue weighted by molar-refractivity contribution is 0.0866. The minimum absolute atomic E-state index is 0.0864. The molecule has 0 heterocycles. The number of rotatable bonds is 6. The van der Waals surface area contributed by atoms with Gasteiger partial charge in [0, 0.05) is 12.1 Å². The second kappa shape index (κ2) is 8.37. The van der Waals surface area contributed by atoms with Crippen molar-refractivity contribution in [1.82, 2.24) is 10.2 Å². The van der Waals surface area contributed by atoms with Crippen molar-refractivity contribution in [3.63, 3.8) is 0 Å². The van der Waals surface area contributed by atoms with Gasteiger partial charge < -0.3 is 15.0 Å². The maximum Gasteiger partial charge on any atom is 0.255 e. The summed E-state index contributed by atoms with van der Waals surface area (Å²) < 4.78 is 28.4. The van der Waals surface area contributed by atoms with Crippen molar-refractivity contribution in [3.8, 4) is 5.75 Å². The zero-order chi connectivity index (χ0) is 19.4. The number of nitrogens with zero attached hydrogens (tertiary/aromatic N) is 1. The Morgan fingerprint density at radius 2 is 1.85 bits per heavy atom. The van der Waals surface area contributed by atoms with E-state index in [1.54, 1.807) is 0 Å². The molecule has 1 amide bonds. The van der Waals surface area contributed by atoms with E-state index in [-0.39, 0.29) is 21.9 Å². The number of nitrogens with one attached hydrogen (secondary N) is 1. The molecule has 0 radical (unpaired) electrons. The topological polar surface area (TPSA) is 102 Å². The minimum atomic E-state index is -3.89. The van der Waals surface area contributed by atoms with E-state index in [1.165, 1.54) is 38.2 Å². The first-order chi connectivity index (χ1) is 12.2. The van der Waals surface area contributed by atoms with Gasteiger partial charge in [0.2, 0.25) is 10.0 Å². The molecular weight excluding hydrogens is 354 g/mol. The molecule has 1 aliphatic rings. The summed E-state index contributed by atoms with van der Waals surface area (Å²) >= 11 is 0. The van der Waals surface area contributed by atoms with Crippen molar-refractivity contribution in [1.29, 1.82) is 0 Å². The Bertz CT molecular complexity index is 739. The first-order valence-electron chi connectivity index (χ1n) is 8.86. The highest BCUT2D eigenvalue weighted by Crippen LogP contribution is 2.31. The van der Waals surface area contributed by atoms with Gasteiger partial charge >= 0.3 is 0 Å². The number of ether oxygens (including phenoxy) is 1. The lowest BCUT2D eigenvalue weighted by Gasteiger charge is -2.39. The maximum atomic E-state index is 12.8. The van der Waals surface area contributed by atoms with E-state index < -0.39 is 10.0 Å². The Balaban J connectivity index is 2.23. The summed E-state index contributed by atoms with van der Waals surface area (Å²) in [4.78, 5) is 14.8. The van der Waals surface area contributed by atoms with Crippen LogP contribution in [0.4, 0.5) is 0 Å². The van der Waals surface area contributed by atoms with Crippen LogP contribution in [0.5, 0.6) is 5.75 Å². The zero-order valence-corrected chi connectivity index (χ0v) is 16.6. The molecule has 0 atom stereocenters. The van der Waals surface area contributed by atoms with Crippen molar-refractivity contribution in [2.24, 2.45) is 5.14 Å². The van der Waals surface area contributed by atoms with E-state index in [4.69, 9.17) is 9.88 Å². The Kier molecular flexibility index (Phi) is 6.65. The van der Waals surface area contributed by atoms with E-state index in [9.17, 15) is 13.2 Å². The van der Waals surface area contributed by atoms with Gasteiger partial charge in [-0.15, -0.1) is 0 Å². The van der Waals surface area contributed by atoms with E-state index >= 15 is 0 Å². The SMILES string of the molecule is COc1ccc(S(N)(=O)=O)cc1C(=O)NCC1(N(C)C)CCCCCC1. The molecular formula is C18H29N3O4S. The molecule has 7 nitrogen and oxygen atoms in total. The average molecular weight is 384 g/mol. The summed E-state index contributed by atoms with van der Waals surface area (Å²) in [6.45, 7) is 0.502. The van der Waals surface area contributed by atoms with Crippen LogP contribution in [-0.2, 0) is 10.0 Å². The molecule has 146 valence electrons. The highest BCUT2D eigenvalue weighted by molar-refractivity contribution is 7.89.